The smallest absolute Gasteiger partial charge is 0.416 e. The molecule has 0 aliphatic carbocycles. The van der Waals surface area contributed by atoms with E-state index in [9.17, 15) is 13.2 Å². The molecule has 0 aliphatic heterocycles. The van der Waals surface area contributed by atoms with Gasteiger partial charge < -0.3 is 9.73 Å². The summed E-state index contributed by atoms with van der Waals surface area (Å²) in [5.74, 6) is 0.431. The minimum atomic E-state index is -4.43. The van der Waals surface area contributed by atoms with E-state index < -0.39 is 11.7 Å². The number of anilines is 1. The van der Waals surface area contributed by atoms with Gasteiger partial charge in [-0.25, -0.2) is 4.98 Å². The van der Waals surface area contributed by atoms with Crippen molar-refractivity contribution < 1.29 is 17.6 Å². The predicted octanol–water partition coefficient (Wildman–Crippen LogP) is 4.55. The summed E-state index contributed by atoms with van der Waals surface area (Å²) in [5.41, 5.74) is -0.639. The van der Waals surface area contributed by atoms with Gasteiger partial charge in [-0.15, -0.1) is 0 Å². The van der Waals surface area contributed by atoms with Crippen molar-refractivity contribution in [2.24, 2.45) is 0 Å². The number of furan rings is 1. The van der Waals surface area contributed by atoms with Crippen LogP contribution in [0.1, 0.15) is 12.5 Å². The molecule has 0 saturated heterocycles. The molecule has 102 valence electrons. The second-order valence-electron chi connectivity index (χ2n) is 3.75. The maximum atomic E-state index is 12.8. The van der Waals surface area contributed by atoms with E-state index in [1.54, 1.807) is 13.0 Å². The van der Waals surface area contributed by atoms with Crippen molar-refractivity contribution in [3.8, 4) is 11.5 Å². The number of hydrogen-bond donors (Lipinski definition) is 1. The van der Waals surface area contributed by atoms with E-state index in [-0.39, 0.29) is 17.3 Å². The molecule has 0 atom stereocenters. The van der Waals surface area contributed by atoms with Gasteiger partial charge in [-0.3, -0.25) is 0 Å². The first-order valence-electron chi connectivity index (χ1n) is 5.48. The minimum absolute atomic E-state index is 0.127. The van der Waals surface area contributed by atoms with Gasteiger partial charge in [0.25, 0.3) is 0 Å². The third-order valence-corrected chi connectivity index (χ3v) is 2.98. The molecule has 0 aromatic carbocycles. The van der Waals surface area contributed by atoms with E-state index >= 15 is 0 Å². The van der Waals surface area contributed by atoms with E-state index in [4.69, 9.17) is 4.42 Å². The molecule has 2 heterocycles. The van der Waals surface area contributed by atoms with Crippen LogP contribution in [0, 0.1) is 0 Å². The van der Waals surface area contributed by atoms with Gasteiger partial charge in [0.15, 0.2) is 5.76 Å². The fraction of sp³-hybridized carbons (Fsp3) is 0.250. The quantitative estimate of drug-likeness (QED) is 0.894. The van der Waals surface area contributed by atoms with Gasteiger partial charge in [-0.1, -0.05) is 0 Å². The Labute approximate surface area is 116 Å². The second kappa shape index (κ2) is 5.24. The first-order chi connectivity index (χ1) is 8.91. The third kappa shape index (κ3) is 3.09. The summed E-state index contributed by atoms with van der Waals surface area (Å²) in [4.78, 5) is 4.11. The number of halogens is 4. The zero-order valence-corrected chi connectivity index (χ0v) is 11.5. The Hall–Kier alpha value is -1.50. The van der Waals surface area contributed by atoms with E-state index in [2.05, 4.69) is 26.2 Å². The average Bonchev–Trinajstić information content (AvgIpc) is 2.74. The number of aromatic nitrogens is 1. The molecular formula is C12H10BrF3N2O. The summed E-state index contributed by atoms with van der Waals surface area (Å²) in [6, 6.07) is 3.54. The van der Waals surface area contributed by atoms with Crippen molar-refractivity contribution in [3.05, 3.63) is 34.5 Å². The van der Waals surface area contributed by atoms with Crippen LogP contribution in [-0.2, 0) is 6.18 Å². The molecule has 2 rings (SSSR count). The maximum absolute atomic E-state index is 12.8. The number of hydrogen-bond acceptors (Lipinski definition) is 3. The SMILES string of the molecule is CCNc1cc(C(F)(F)F)cc(-c2occc2Br)n1. The van der Waals surface area contributed by atoms with Gasteiger partial charge in [-0.2, -0.15) is 13.2 Å². The fourth-order valence-corrected chi connectivity index (χ4v) is 1.96. The summed E-state index contributed by atoms with van der Waals surface area (Å²) < 4.78 is 44.2. The van der Waals surface area contributed by atoms with Crippen LogP contribution in [0.4, 0.5) is 19.0 Å². The minimum Gasteiger partial charge on any atom is -0.461 e. The molecule has 7 heteroatoms. The maximum Gasteiger partial charge on any atom is 0.416 e. The van der Waals surface area contributed by atoms with E-state index in [1.165, 1.54) is 6.26 Å². The lowest BCUT2D eigenvalue weighted by molar-refractivity contribution is -0.137. The van der Waals surface area contributed by atoms with Crippen LogP contribution in [0.2, 0.25) is 0 Å². The Balaban J connectivity index is 2.55. The molecular weight excluding hydrogens is 325 g/mol. The second-order valence-corrected chi connectivity index (χ2v) is 4.61. The lowest BCUT2D eigenvalue weighted by Crippen LogP contribution is -2.08. The zero-order valence-electron chi connectivity index (χ0n) is 9.88. The van der Waals surface area contributed by atoms with Crippen LogP contribution in [0.15, 0.2) is 33.4 Å². The normalized spacial score (nSPS) is 11.6. The molecule has 0 fully saturated rings. The number of pyridine rings is 1. The monoisotopic (exact) mass is 334 g/mol. The van der Waals surface area contributed by atoms with Gasteiger partial charge in [0, 0.05) is 6.54 Å². The van der Waals surface area contributed by atoms with E-state index in [1.807, 2.05) is 0 Å². The van der Waals surface area contributed by atoms with Gasteiger partial charge >= 0.3 is 6.18 Å². The summed E-state index contributed by atoms with van der Waals surface area (Å²) in [5, 5.41) is 2.77. The summed E-state index contributed by atoms with van der Waals surface area (Å²) in [7, 11) is 0. The molecule has 0 bridgehead atoms. The van der Waals surface area contributed by atoms with Gasteiger partial charge in [-0.05, 0) is 41.1 Å². The van der Waals surface area contributed by atoms with E-state index in [0.29, 0.717) is 11.0 Å². The summed E-state index contributed by atoms with van der Waals surface area (Å²) in [6.45, 7) is 2.26. The highest BCUT2D eigenvalue weighted by Gasteiger charge is 2.32. The van der Waals surface area contributed by atoms with Crippen LogP contribution in [0.5, 0.6) is 0 Å². The first-order valence-corrected chi connectivity index (χ1v) is 6.27. The van der Waals surface area contributed by atoms with Crippen molar-refractivity contribution in [3.63, 3.8) is 0 Å². The number of nitrogens with zero attached hydrogens (tertiary/aromatic N) is 1. The molecule has 0 saturated carbocycles. The van der Waals surface area contributed by atoms with Gasteiger partial charge in [0.1, 0.15) is 11.5 Å². The summed E-state index contributed by atoms with van der Waals surface area (Å²) >= 11 is 3.21. The van der Waals surface area contributed by atoms with Gasteiger partial charge in [0.2, 0.25) is 0 Å². The Morgan fingerprint density at radius 2 is 2.11 bits per heavy atom. The van der Waals surface area contributed by atoms with E-state index in [0.717, 1.165) is 12.1 Å². The lowest BCUT2D eigenvalue weighted by Gasteiger charge is -2.11. The summed E-state index contributed by atoms with van der Waals surface area (Å²) in [6.07, 6.45) is -3.05. The van der Waals surface area contributed by atoms with Crippen LogP contribution < -0.4 is 5.32 Å². The van der Waals surface area contributed by atoms with Crippen molar-refractivity contribution in [2.45, 2.75) is 13.1 Å². The Kier molecular flexibility index (Phi) is 3.84. The lowest BCUT2D eigenvalue weighted by atomic mass is 10.2. The molecule has 0 radical (unpaired) electrons. The molecule has 2 aromatic heterocycles. The largest absolute Gasteiger partial charge is 0.461 e. The molecule has 0 spiro atoms. The molecule has 0 amide bonds. The standard InChI is InChI=1S/C12H10BrF3N2O/c1-2-17-10-6-7(12(14,15)16)5-9(18-10)11-8(13)3-4-19-11/h3-6H,2H2,1H3,(H,17,18). The highest BCUT2D eigenvalue weighted by Crippen LogP contribution is 2.35. The molecule has 0 aliphatic rings. The number of alkyl halides is 3. The van der Waals surface area contributed by atoms with Crippen molar-refractivity contribution >= 4 is 21.7 Å². The fourth-order valence-electron chi connectivity index (χ4n) is 1.56. The van der Waals surface area contributed by atoms with Crippen molar-refractivity contribution in [1.82, 2.24) is 4.98 Å². The van der Waals surface area contributed by atoms with Gasteiger partial charge in [0.05, 0.1) is 16.3 Å². The highest BCUT2D eigenvalue weighted by atomic mass is 79.9. The topological polar surface area (TPSA) is 38.1 Å². The number of nitrogens with one attached hydrogen (secondary N) is 1. The third-order valence-electron chi connectivity index (χ3n) is 2.36. The molecule has 2 aromatic rings. The zero-order chi connectivity index (χ0) is 14.0. The average molecular weight is 335 g/mol. The van der Waals surface area contributed by atoms with Crippen LogP contribution in [-0.4, -0.2) is 11.5 Å². The number of rotatable bonds is 3. The predicted molar refractivity (Wildman–Crippen MR) is 68.8 cm³/mol. The Bertz CT molecular complexity index is 581. The van der Waals surface area contributed by atoms with Crippen molar-refractivity contribution in [2.75, 3.05) is 11.9 Å². The van der Waals surface area contributed by atoms with Crippen LogP contribution >= 0.6 is 15.9 Å². The first kappa shape index (κ1) is 13.9. The molecule has 0 unspecified atom stereocenters. The molecule has 1 N–H and O–H groups in total. The highest BCUT2D eigenvalue weighted by molar-refractivity contribution is 9.10. The van der Waals surface area contributed by atoms with Crippen molar-refractivity contribution in [1.29, 1.82) is 0 Å². The Morgan fingerprint density at radius 3 is 2.63 bits per heavy atom. The molecule has 3 nitrogen and oxygen atoms in total. The Morgan fingerprint density at radius 1 is 1.37 bits per heavy atom. The van der Waals surface area contributed by atoms with Crippen LogP contribution in [0.25, 0.3) is 11.5 Å². The molecule has 19 heavy (non-hydrogen) atoms. The van der Waals surface area contributed by atoms with Crippen LogP contribution in [0.3, 0.4) is 0 Å².